The lowest BCUT2D eigenvalue weighted by Crippen LogP contribution is -2.28. The number of aromatic nitrogens is 2. The molecule has 0 radical (unpaired) electrons. The summed E-state index contributed by atoms with van der Waals surface area (Å²) in [5, 5.41) is 2.86. The number of hydrogen-bond acceptors (Lipinski definition) is 4. The topological polar surface area (TPSA) is 93.0 Å². The second-order valence-electron chi connectivity index (χ2n) is 5.36. The number of fused-ring (bicyclic) bond motifs is 1. The van der Waals surface area contributed by atoms with Crippen LogP contribution in [0.3, 0.4) is 0 Å². The summed E-state index contributed by atoms with van der Waals surface area (Å²) < 4.78 is 5.12. The van der Waals surface area contributed by atoms with Crippen LogP contribution in [0.4, 0.5) is 5.69 Å². The molecule has 8 heteroatoms. The maximum absolute atomic E-state index is 12.0. The van der Waals surface area contributed by atoms with Crippen molar-refractivity contribution in [1.82, 2.24) is 9.97 Å². The predicted molar refractivity (Wildman–Crippen MR) is 102 cm³/mol. The van der Waals surface area contributed by atoms with E-state index in [9.17, 15) is 4.79 Å². The van der Waals surface area contributed by atoms with Crippen LogP contribution in [0, 0.1) is 0 Å². The summed E-state index contributed by atoms with van der Waals surface area (Å²) in [6, 6.07) is 5.67. The number of hydrogen-bond donors (Lipinski definition) is 3. The Hall–Kier alpha value is -1.34. The van der Waals surface area contributed by atoms with Crippen LogP contribution in [0.5, 0.6) is 0 Å². The Labute approximate surface area is 154 Å². The molecule has 6 nitrogen and oxygen atoms in total. The number of anilines is 1. The predicted octanol–water partition coefficient (Wildman–Crippen LogP) is 3.05. The number of aryl methyl sites for hydroxylation is 1. The first kappa shape index (κ1) is 22.7. The molecule has 1 heterocycles. The quantitative estimate of drug-likeness (QED) is 0.659. The number of imidazole rings is 1. The average molecular weight is 377 g/mol. The van der Waals surface area contributed by atoms with Crippen LogP contribution in [0.25, 0.3) is 11.0 Å². The Morgan fingerprint density at radius 1 is 1.42 bits per heavy atom. The maximum Gasteiger partial charge on any atom is 0.227 e. The Balaban J connectivity index is 0.00000264. The molecular formula is C16H26Cl2N4O2. The molecule has 1 atom stereocenters. The van der Waals surface area contributed by atoms with E-state index in [0.29, 0.717) is 6.54 Å². The number of amides is 1. The van der Waals surface area contributed by atoms with Gasteiger partial charge >= 0.3 is 0 Å². The number of methoxy groups -OCH3 is 1. The number of halogens is 2. The first-order chi connectivity index (χ1) is 10.7. The van der Waals surface area contributed by atoms with Gasteiger partial charge in [0.1, 0.15) is 5.82 Å². The zero-order valence-electron chi connectivity index (χ0n) is 14.0. The van der Waals surface area contributed by atoms with Crippen molar-refractivity contribution < 1.29 is 9.53 Å². The Bertz CT molecular complexity index is 630. The highest BCUT2D eigenvalue weighted by atomic mass is 35.5. The third-order valence-corrected chi connectivity index (χ3v) is 3.59. The van der Waals surface area contributed by atoms with Gasteiger partial charge in [0.2, 0.25) is 5.91 Å². The van der Waals surface area contributed by atoms with Gasteiger partial charge in [0.15, 0.2) is 0 Å². The van der Waals surface area contributed by atoms with E-state index in [1.807, 2.05) is 18.2 Å². The molecule has 1 aromatic carbocycles. The summed E-state index contributed by atoms with van der Waals surface area (Å²) in [5.74, 6) is 0.880. The Morgan fingerprint density at radius 2 is 2.17 bits per heavy atom. The summed E-state index contributed by atoms with van der Waals surface area (Å²) in [4.78, 5) is 19.8. The Kier molecular flexibility index (Phi) is 10.6. The smallest absolute Gasteiger partial charge is 0.227 e. The molecule has 0 saturated heterocycles. The number of carbonyl (C=O) groups excluding carboxylic acids is 1. The van der Waals surface area contributed by atoms with Gasteiger partial charge in [-0.1, -0.05) is 13.3 Å². The molecule has 0 spiro atoms. The van der Waals surface area contributed by atoms with E-state index >= 15 is 0 Å². The molecule has 0 saturated carbocycles. The van der Waals surface area contributed by atoms with Gasteiger partial charge in [0.25, 0.3) is 0 Å². The fourth-order valence-corrected chi connectivity index (χ4v) is 2.28. The van der Waals surface area contributed by atoms with E-state index < -0.39 is 0 Å². The highest BCUT2D eigenvalue weighted by molar-refractivity contribution is 5.93. The van der Waals surface area contributed by atoms with Crippen LogP contribution in [0.15, 0.2) is 18.2 Å². The van der Waals surface area contributed by atoms with Crippen LogP contribution in [-0.2, 0) is 16.0 Å². The van der Waals surface area contributed by atoms with E-state index in [2.05, 4.69) is 22.2 Å². The molecule has 0 bridgehead atoms. The van der Waals surface area contributed by atoms with Crippen LogP contribution < -0.4 is 11.1 Å². The van der Waals surface area contributed by atoms with Gasteiger partial charge in [-0.15, -0.1) is 24.8 Å². The molecule has 1 amide bonds. The van der Waals surface area contributed by atoms with E-state index in [1.54, 1.807) is 7.11 Å². The molecule has 2 aromatic rings. The third kappa shape index (κ3) is 6.28. The fourth-order valence-electron chi connectivity index (χ4n) is 2.28. The summed E-state index contributed by atoms with van der Waals surface area (Å²) in [7, 11) is 1.55. The van der Waals surface area contributed by atoms with E-state index in [-0.39, 0.29) is 43.2 Å². The molecule has 24 heavy (non-hydrogen) atoms. The van der Waals surface area contributed by atoms with Crippen LogP contribution in [0.2, 0.25) is 0 Å². The largest absolute Gasteiger partial charge is 0.380 e. The molecule has 0 fully saturated rings. The maximum atomic E-state index is 12.0. The number of nitrogens with two attached hydrogens (primary N) is 1. The second kappa shape index (κ2) is 11.3. The van der Waals surface area contributed by atoms with Gasteiger partial charge in [-0.2, -0.15) is 0 Å². The number of nitrogens with zero attached hydrogens (tertiary/aromatic N) is 1. The van der Waals surface area contributed by atoms with Gasteiger partial charge in [-0.3, -0.25) is 4.79 Å². The van der Waals surface area contributed by atoms with Gasteiger partial charge in [-0.05, 0) is 24.6 Å². The van der Waals surface area contributed by atoms with Crippen molar-refractivity contribution in [2.45, 2.75) is 38.7 Å². The van der Waals surface area contributed by atoms with Crippen molar-refractivity contribution in [1.29, 1.82) is 0 Å². The lowest BCUT2D eigenvalue weighted by molar-refractivity contribution is -0.118. The molecule has 0 aliphatic rings. The zero-order valence-corrected chi connectivity index (χ0v) is 15.6. The number of H-pyrrole nitrogens is 1. The van der Waals surface area contributed by atoms with Gasteiger partial charge in [-0.25, -0.2) is 4.98 Å². The van der Waals surface area contributed by atoms with Crippen molar-refractivity contribution in [2.75, 3.05) is 19.0 Å². The summed E-state index contributed by atoms with van der Waals surface area (Å²) in [6.45, 7) is 2.48. The van der Waals surface area contributed by atoms with Gasteiger partial charge < -0.3 is 20.8 Å². The minimum Gasteiger partial charge on any atom is -0.380 e. The molecule has 0 aliphatic carbocycles. The third-order valence-electron chi connectivity index (χ3n) is 3.59. The van der Waals surface area contributed by atoms with Gasteiger partial charge in [0, 0.05) is 25.8 Å². The lowest BCUT2D eigenvalue weighted by atomic mass is 10.2. The molecule has 0 aliphatic heterocycles. The minimum absolute atomic E-state index is 0. The molecule has 2 rings (SSSR count). The first-order valence-corrected chi connectivity index (χ1v) is 7.67. The standard InChI is InChI=1S/C16H24N4O2.2ClH/c1-3-4-5-15-19-13-7-6-11(8-14(13)20-15)18-16(21)9-12(10-17)22-2;;/h6-8,12H,3-5,9-10,17H2,1-2H3,(H,18,21)(H,19,20);2*1H. The number of nitrogens with one attached hydrogen (secondary N) is 2. The number of rotatable bonds is 8. The number of benzene rings is 1. The minimum atomic E-state index is -0.253. The second-order valence-corrected chi connectivity index (χ2v) is 5.36. The highest BCUT2D eigenvalue weighted by Crippen LogP contribution is 2.18. The van der Waals surface area contributed by atoms with E-state index in [4.69, 9.17) is 10.5 Å². The zero-order chi connectivity index (χ0) is 15.9. The number of unbranched alkanes of at least 4 members (excludes halogenated alkanes) is 1. The summed E-state index contributed by atoms with van der Waals surface area (Å²) >= 11 is 0. The fraction of sp³-hybridized carbons (Fsp3) is 0.500. The SMILES string of the molecule is CCCCc1nc2ccc(NC(=O)CC(CN)OC)cc2[nH]1.Cl.Cl. The summed E-state index contributed by atoms with van der Waals surface area (Å²) in [6.07, 6.45) is 3.19. The first-order valence-electron chi connectivity index (χ1n) is 7.67. The summed E-state index contributed by atoms with van der Waals surface area (Å²) in [5.41, 5.74) is 8.12. The number of carbonyl (C=O) groups is 1. The van der Waals surface area contributed by atoms with E-state index in [1.165, 1.54) is 0 Å². The van der Waals surface area contributed by atoms with Gasteiger partial charge in [0.05, 0.1) is 23.6 Å². The molecule has 4 N–H and O–H groups in total. The Morgan fingerprint density at radius 3 is 2.79 bits per heavy atom. The van der Waals surface area contributed by atoms with Crippen LogP contribution in [0.1, 0.15) is 32.0 Å². The van der Waals surface area contributed by atoms with Crippen molar-refractivity contribution in [2.24, 2.45) is 5.73 Å². The van der Waals surface area contributed by atoms with Crippen LogP contribution in [-0.4, -0.2) is 35.6 Å². The van der Waals surface area contributed by atoms with Crippen molar-refractivity contribution in [3.05, 3.63) is 24.0 Å². The molecular weight excluding hydrogens is 351 g/mol. The number of ether oxygens (including phenoxy) is 1. The van der Waals surface area contributed by atoms with Crippen molar-refractivity contribution >= 4 is 47.4 Å². The monoisotopic (exact) mass is 376 g/mol. The highest BCUT2D eigenvalue weighted by Gasteiger charge is 2.12. The normalized spacial score (nSPS) is 11.5. The van der Waals surface area contributed by atoms with E-state index in [0.717, 1.165) is 41.8 Å². The van der Waals surface area contributed by atoms with Crippen molar-refractivity contribution in [3.63, 3.8) is 0 Å². The lowest BCUT2D eigenvalue weighted by Gasteiger charge is -2.12. The average Bonchev–Trinajstić information content (AvgIpc) is 2.92. The molecule has 1 aromatic heterocycles. The van der Waals surface area contributed by atoms with Crippen molar-refractivity contribution in [3.8, 4) is 0 Å². The molecule has 136 valence electrons. The number of aromatic amines is 1. The van der Waals surface area contributed by atoms with Crippen LogP contribution >= 0.6 is 24.8 Å². The molecule has 1 unspecified atom stereocenters.